The molecule has 1 saturated heterocycles. The Labute approximate surface area is 136 Å². The molecule has 0 unspecified atom stereocenters. The molecule has 0 aromatic heterocycles. The Kier molecular flexibility index (Phi) is 6.26. The number of nitrogens with one attached hydrogen (secondary N) is 1. The molecule has 0 radical (unpaired) electrons. The second-order valence-electron chi connectivity index (χ2n) is 5.78. The van der Waals surface area contributed by atoms with E-state index >= 15 is 0 Å². The van der Waals surface area contributed by atoms with Gasteiger partial charge >= 0.3 is 12.0 Å². The lowest BCUT2D eigenvalue weighted by Gasteiger charge is -2.35. The number of methoxy groups -OCH3 is 1. The van der Waals surface area contributed by atoms with Crippen LogP contribution in [0.25, 0.3) is 0 Å². The van der Waals surface area contributed by atoms with Crippen molar-refractivity contribution >= 4 is 12.0 Å². The highest BCUT2D eigenvalue weighted by Crippen LogP contribution is 2.22. The molecule has 1 aliphatic heterocycles. The maximum absolute atomic E-state index is 12.3. The van der Waals surface area contributed by atoms with Gasteiger partial charge in [-0.3, -0.25) is 4.79 Å². The van der Waals surface area contributed by atoms with E-state index in [9.17, 15) is 14.7 Å². The number of phenols is 1. The van der Waals surface area contributed by atoms with Crippen LogP contribution in [0.2, 0.25) is 0 Å². The zero-order valence-corrected chi connectivity index (χ0v) is 13.5. The molecule has 6 heteroatoms. The topological polar surface area (TPSA) is 78.9 Å². The summed E-state index contributed by atoms with van der Waals surface area (Å²) < 4.78 is 4.54. The van der Waals surface area contributed by atoms with E-state index in [-0.39, 0.29) is 24.4 Å². The number of aryl methyl sites for hydroxylation is 1. The number of esters is 1. The zero-order chi connectivity index (χ0) is 16.7. The van der Waals surface area contributed by atoms with Gasteiger partial charge in [-0.05, 0) is 49.8 Å². The number of rotatable bonds is 5. The number of hydrogen-bond acceptors (Lipinski definition) is 4. The van der Waals surface area contributed by atoms with Crippen LogP contribution in [-0.4, -0.2) is 48.2 Å². The van der Waals surface area contributed by atoms with Crippen LogP contribution in [0.4, 0.5) is 4.79 Å². The summed E-state index contributed by atoms with van der Waals surface area (Å²) >= 11 is 0. The molecule has 0 spiro atoms. The lowest BCUT2D eigenvalue weighted by Crippen LogP contribution is -2.49. The average Bonchev–Trinajstić information content (AvgIpc) is 2.59. The fourth-order valence-electron chi connectivity index (χ4n) is 2.89. The van der Waals surface area contributed by atoms with Gasteiger partial charge in [-0.2, -0.15) is 0 Å². The molecule has 2 rings (SSSR count). The number of phenolic OH excluding ortho intramolecular Hbond substituents is 1. The molecule has 0 bridgehead atoms. The van der Waals surface area contributed by atoms with Gasteiger partial charge in [0.25, 0.3) is 0 Å². The van der Waals surface area contributed by atoms with Crippen molar-refractivity contribution in [1.29, 1.82) is 0 Å². The van der Waals surface area contributed by atoms with Crippen LogP contribution in [0.15, 0.2) is 24.3 Å². The van der Waals surface area contributed by atoms with Crippen LogP contribution < -0.4 is 5.32 Å². The SMILES string of the molecule is COC(=O)CNC(=O)N1CCCC[C@@H]1CCc1ccc(O)cc1. The highest BCUT2D eigenvalue weighted by molar-refractivity contribution is 5.81. The molecular formula is C17H24N2O4. The third kappa shape index (κ3) is 5.16. The maximum Gasteiger partial charge on any atom is 0.325 e. The molecular weight excluding hydrogens is 296 g/mol. The monoisotopic (exact) mass is 320 g/mol. The number of benzene rings is 1. The number of hydrogen-bond donors (Lipinski definition) is 2. The second kappa shape index (κ2) is 8.41. The zero-order valence-electron chi connectivity index (χ0n) is 13.5. The van der Waals surface area contributed by atoms with Crippen LogP contribution in [0.5, 0.6) is 5.75 Å². The molecule has 2 amide bonds. The first-order valence-corrected chi connectivity index (χ1v) is 7.99. The van der Waals surface area contributed by atoms with Crippen LogP contribution in [0.3, 0.4) is 0 Å². The van der Waals surface area contributed by atoms with Gasteiger partial charge in [-0.25, -0.2) is 4.79 Å². The molecule has 23 heavy (non-hydrogen) atoms. The number of ether oxygens (including phenoxy) is 1. The first-order valence-electron chi connectivity index (χ1n) is 7.99. The van der Waals surface area contributed by atoms with Gasteiger partial charge in [0.05, 0.1) is 7.11 Å². The van der Waals surface area contributed by atoms with Crippen molar-refractivity contribution in [2.24, 2.45) is 0 Å². The summed E-state index contributed by atoms with van der Waals surface area (Å²) in [5.41, 5.74) is 1.14. The summed E-state index contributed by atoms with van der Waals surface area (Å²) in [4.78, 5) is 25.2. The fourth-order valence-corrected chi connectivity index (χ4v) is 2.89. The quantitative estimate of drug-likeness (QED) is 0.814. The lowest BCUT2D eigenvalue weighted by molar-refractivity contribution is -0.139. The highest BCUT2D eigenvalue weighted by Gasteiger charge is 2.26. The molecule has 1 fully saturated rings. The maximum atomic E-state index is 12.3. The first-order chi connectivity index (χ1) is 11.1. The fraction of sp³-hybridized carbons (Fsp3) is 0.529. The van der Waals surface area contributed by atoms with Crippen molar-refractivity contribution in [3.05, 3.63) is 29.8 Å². The Morgan fingerprint density at radius 3 is 2.74 bits per heavy atom. The third-order valence-corrected chi connectivity index (χ3v) is 4.20. The van der Waals surface area contributed by atoms with E-state index in [1.807, 2.05) is 17.0 Å². The summed E-state index contributed by atoms with van der Waals surface area (Å²) in [6.45, 7) is 0.615. The minimum atomic E-state index is -0.448. The summed E-state index contributed by atoms with van der Waals surface area (Å²) in [6.07, 6.45) is 4.80. The van der Waals surface area contributed by atoms with Crippen molar-refractivity contribution in [2.45, 2.75) is 38.1 Å². The first kappa shape index (κ1) is 17.1. The summed E-state index contributed by atoms with van der Waals surface area (Å²) in [6, 6.07) is 7.13. The van der Waals surface area contributed by atoms with Gasteiger partial charge in [0.1, 0.15) is 12.3 Å². The van der Waals surface area contributed by atoms with E-state index in [1.165, 1.54) is 7.11 Å². The van der Waals surface area contributed by atoms with Crippen molar-refractivity contribution in [2.75, 3.05) is 20.2 Å². The van der Waals surface area contributed by atoms with E-state index in [0.717, 1.165) is 37.7 Å². The minimum Gasteiger partial charge on any atom is -0.508 e. The van der Waals surface area contributed by atoms with E-state index < -0.39 is 5.97 Å². The Bertz CT molecular complexity index is 530. The van der Waals surface area contributed by atoms with E-state index in [0.29, 0.717) is 6.54 Å². The number of likely N-dealkylation sites (tertiary alicyclic amines) is 1. The van der Waals surface area contributed by atoms with Gasteiger partial charge in [-0.15, -0.1) is 0 Å². The minimum absolute atomic E-state index is 0.101. The molecule has 1 aliphatic rings. The molecule has 0 saturated carbocycles. The van der Waals surface area contributed by atoms with Crippen LogP contribution >= 0.6 is 0 Å². The molecule has 1 aromatic carbocycles. The summed E-state index contributed by atoms with van der Waals surface area (Å²) in [5.74, 6) is -0.189. The normalized spacial score (nSPS) is 17.6. The summed E-state index contributed by atoms with van der Waals surface area (Å²) in [5, 5.41) is 11.9. The lowest BCUT2D eigenvalue weighted by atomic mass is 9.96. The molecule has 1 atom stereocenters. The van der Waals surface area contributed by atoms with Gasteiger partial charge in [-0.1, -0.05) is 12.1 Å². The second-order valence-corrected chi connectivity index (χ2v) is 5.78. The van der Waals surface area contributed by atoms with Crippen LogP contribution in [-0.2, 0) is 16.0 Å². The Morgan fingerprint density at radius 1 is 1.30 bits per heavy atom. The van der Waals surface area contributed by atoms with E-state index in [2.05, 4.69) is 10.1 Å². The average molecular weight is 320 g/mol. The van der Waals surface area contributed by atoms with Crippen LogP contribution in [0.1, 0.15) is 31.2 Å². The van der Waals surface area contributed by atoms with Crippen molar-refractivity contribution < 1.29 is 19.4 Å². The van der Waals surface area contributed by atoms with Crippen molar-refractivity contribution in [3.63, 3.8) is 0 Å². The Hall–Kier alpha value is -2.24. The predicted molar refractivity (Wildman–Crippen MR) is 86.2 cm³/mol. The number of carbonyl (C=O) groups excluding carboxylic acids is 2. The number of nitrogens with zero attached hydrogens (tertiary/aromatic N) is 1. The number of carbonyl (C=O) groups is 2. The molecule has 1 heterocycles. The standard InChI is InChI=1S/C17H24N2O4/c1-23-16(21)12-18-17(22)19-11-3-2-4-14(19)8-5-13-6-9-15(20)10-7-13/h6-7,9-10,14,20H,2-5,8,11-12H2,1H3,(H,18,22)/t14-/m1/s1. The predicted octanol–water partition coefficient (Wildman–Crippen LogP) is 2.06. The van der Waals surface area contributed by atoms with Crippen molar-refractivity contribution in [3.8, 4) is 5.75 Å². The number of urea groups is 1. The van der Waals surface area contributed by atoms with Gasteiger partial charge in [0.15, 0.2) is 0 Å². The Morgan fingerprint density at radius 2 is 2.04 bits per heavy atom. The molecule has 126 valence electrons. The molecule has 6 nitrogen and oxygen atoms in total. The number of aromatic hydroxyl groups is 1. The smallest absolute Gasteiger partial charge is 0.325 e. The number of amides is 2. The van der Waals surface area contributed by atoms with Crippen molar-refractivity contribution in [1.82, 2.24) is 10.2 Å². The molecule has 0 aliphatic carbocycles. The van der Waals surface area contributed by atoms with E-state index in [4.69, 9.17) is 0 Å². The molecule has 1 aromatic rings. The van der Waals surface area contributed by atoms with Gasteiger partial charge in [0.2, 0.25) is 0 Å². The van der Waals surface area contributed by atoms with E-state index in [1.54, 1.807) is 12.1 Å². The van der Waals surface area contributed by atoms with Crippen LogP contribution in [0, 0.1) is 0 Å². The number of piperidine rings is 1. The molecule has 2 N–H and O–H groups in total. The van der Waals surface area contributed by atoms with Gasteiger partial charge < -0.3 is 20.1 Å². The third-order valence-electron chi connectivity index (χ3n) is 4.20. The van der Waals surface area contributed by atoms with Gasteiger partial charge in [0, 0.05) is 12.6 Å². The highest BCUT2D eigenvalue weighted by atomic mass is 16.5. The summed E-state index contributed by atoms with van der Waals surface area (Å²) in [7, 11) is 1.30. The Balaban J connectivity index is 1.88. The largest absolute Gasteiger partial charge is 0.508 e.